The molecule has 0 N–H and O–H groups in total. The van der Waals surface area contributed by atoms with Crippen molar-refractivity contribution in [3.63, 3.8) is 0 Å². The molecular formula is C13H16N2O2. The fourth-order valence-electron chi connectivity index (χ4n) is 3.25. The highest BCUT2D eigenvalue weighted by Crippen LogP contribution is 2.43. The maximum atomic E-state index is 12.2. The van der Waals surface area contributed by atoms with Gasteiger partial charge in [0.25, 0.3) is 0 Å². The Morgan fingerprint density at radius 1 is 1.06 bits per heavy atom. The molecule has 2 saturated carbocycles. The van der Waals surface area contributed by atoms with Gasteiger partial charge in [-0.05, 0) is 31.6 Å². The second kappa shape index (κ2) is 3.83. The molecule has 0 aromatic carbocycles. The van der Waals surface area contributed by atoms with Gasteiger partial charge in [-0.2, -0.15) is 5.26 Å². The van der Waals surface area contributed by atoms with E-state index >= 15 is 0 Å². The summed E-state index contributed by atoms with van der Waals surface area (Å²) in [6.45, 7) is 0. The molecule has 3 aliphatic rings. The van der Waals surface area contributed by atoms with Crippen molar-refractivity contribution in [2.75, 3.05) is 0 Å². The Kier molecular flexibility index (Phi) is 2.43. The number of hydrogen-bond acceptors (Lipinski definition) is 3. The molecule has 3 unspecified atom stereocenters. The van der Waals surface area contributed by atoms with Crippen molar-refractivity contribution in [1.82, 2.24) is 4.90 Å². The normalized spacial score (nSPS) is 34.4. The molecule has 0 bridgehead atoms. The van der Waals surface area contributed by atoms with Crippen molar-refractivity contribution >= 4 is 11.8 Å². The van der Waals surface area contributed by atoms with Gasteiger partial charge in [-0.25, -0.2) is 0 Å². The van der Waals surface area contributed by atoms with E-state index < -0.39 is 6.04 Å². The number of likely N-dealkylation sites (tertiary alicyclic amines) is 1. The minimum atomic E-state index is -0.486. The van der Waals surface area contributed by atoms with E-state index in [0.29, 0.717) is 0 Å². The summed E-state index contributed by atoms with van der Waals surface area (Å²) < 4.78 is 0. The van der Waals surface area contributed by atoms with Crippen LogP contribution in [0.15, 0.2) is 0 Å². The van der Waals surface area contributed by atoms with Crippen LogP contribution >= 0.6 is 0 Å². The van der Waals surface area contributed by atoms with Crippen LogP contribution in [0.4, 0.5) is 0 Å². The number of amides is 2. The lowest BCUT2D eigenvalue weighted by atomic mass is 9.81. The lowest BCUT2D eigenvalue weighted by Gasteiger charge is -2.20. The first kappa shape index (κ1) is 10.8. The zero-order valence-corrected chi connectivity index (χ0v) is 9.76. The van der Waals surface area contributed by atoms with Gasteiger partial charge in [-0.1, -0.05) is 12.8 Å². The predicted molar refractivity (Wildman–Crippen MR) is 59.4 cm³/mol. The van der Waals surface area contributed by atoms with E-state index in [9.17, 15) is 9.59 Å². The number of carbonyl (C=O) groups excluding carboxylic acids is 2. The van der Waals surface area contributed by atoms with Crippen LogP contribution in [0.3, 0.4) is 0 Å². The quantitative estimate of drug-likeness (QED) is 0.677. The summed E-state index contributed by atoms with van der Waals surface area (Å²) >= 11 is 0. The highest BCUT2D eigenvalue weighted by atomic mass is 16.2. The molecule has 1 saturated heterocycles. The largest absolute Gasteiger partial charge is 0.274 e. The molecule has 4 heteroatoms. The lowest BCUT2D eigenvalue weighted by molar-refractivity contribution is -0.141. The molecule has 90 valence electrons. The van der Waals surface area contributed by atoms with Crippen LogP contribution in [0.5, 0.6) is 0 Å². The van der Waals surface area contributed by atoms with E-state index in [0.717, 1.165) is 38.5 Å². The van der Waals surface area contributed by atoms with Crippen LogP contribution in [0.2, 0.25) is 0 Å². The van der Waals surface area contributed by atoms with Crippen LogP contribution in [-0.2, 0) is 9.59 Å². The second-order valence-corrected chi connectivity index (χ2v) is 5.46. The fraction of sp³-hybridized carbons (Fsp3) is 0.769. The van der Waals surface area contributed by atoms with Crippen molar-refractivity contribution < 1.29 is 9.59 Å². The topological polar surface area (TPSA) is 61.2 Å². The minimum Gasteiger partial charge on any atom is -0.274 e. The van der Waals surface area contributed by atoms with Crippen molar-refractivity contribution in [3.05, 3.63) is 0 Å². The number of fused-ring (bicyclic) bond motifs is 1. The molecule has 1 aliphatic heterocycles. The molecule has 17 heavy (non-hydrogen) atoms. The number of nitrogens with zero attached hydrogens (tertiary/aromatic N) is 2. The Labute approximate surface area is 101 Å². The summed E-state index contributed by atoms with van der Waals surface area (Å²) in [4.78, 5) is 25.8. The van der Waals surface area contributed by atoms with Crippen LogP contribution in [-0.4, -0.2) is 22.8 Å². The van der Waals surface area contributed by atoms with Gasteiger partial charge in [0, 0.05) is 0 Å². The molecule has 2 amide bonds. The van der Waals surface area contributed by atoms with Crippen molar-refractivity contribution in [2.24, 2.45) is 17.8 Å². The average molecular weight is 232 g/mol. The fourth-order valence-corrected chi connectivity index (χ4v) is 3.25. The zero-order chi connectivity index (χ0) is 12.0. The highest BCUT2D eigenvalue weighted by molar-refractivity contribution is 6.05. The third-order valence-electron chi connectivity index (χ3n) is 4.35. The summed E-state index contributed by atoms with van der Waals surface area (Å²) in [6, 6.07) is 1.68. The summed E-state index contributed by atoms with van der Waals surface area (Å²) in [7, 11) is 0. The van der Waals surface area contributed by atoms with Crippen molar-refractivity contribution in [2.45, 2.75) is 44.6 Å². The molecule has 3 fully saturated rings. The molecular weight excluding hydrogens is 216 g/mol. The van der Waals surface area contributed by atoms with Gasteiger partial charge in [0.2, 0.25) is 11.8 Å². The number of nitriles is 1. The maximum absolute atomic E-state index is 12.2. The average Bonchev–Trinajstić information content (AvgIpc) is 3.15. The van der Waals surface area contributed by atoms with E-state index in [1.54, 1.807) is 0 Å². The van der Waals surface area contributed by atoms with Gasteiger partial charge >= 0.3 is 0 Å². The number of imide groups is 1. The minimum absolute atomic E-state index is 0.0712. The van der Waals surface area contributed by atoms with Crippen molar-refractivity contribution in [3.8, 4) is 6.07 Å². The Bertz CT molecular complexity index is 384. The first-order valence-corrected chi connectivity index (χ1v) is 6.50. The van der Waals surface area contributed by atoms with Gasteiger partial charge in [-0.15, -0.1) is 0 Å². The van der Waals surface area contributed by atoms with Gasteiger partial charge in [-0.3, -0.25) is 14.5 Å². The summed E-state index contributed by atoms with van der Waals surface area (Å²) in [5.74, 6) is -0.138. The first-order chi connectivity index (χ1) is 8.24. The van der Waals surface area contributed by atoms with Crippen LogP contribution in [0, 0.1) is 29.1 Å². The van der Waals surface area contributed by atoms with Gasteiger partial charge in [0.1, 0.15) is 6.04 Å². The smallest absolute Gasteiger partial charge is 0.234 e. The number of rotatable bonds is 2. The monoisotopic (exact) mass is 232 g/mol. The second-order valence-electron chi connectivity index (χ2n) is 5.46. The molecule has 1 heterocycles. The maximum Gasteiger partial charge on any atom is 0.234 e. The van der Waals surface area contributed by atoms with E-state index in [4.69, 9.17) is 5.26 Å². The lowest BCUT2D eigenvalue weighted by Crippen LogP contribution is -2.41. The molecule has 0 aromatic heterocycles. The highest BCUT2D eigenvalue weighted by Gasteiger charge is 2.53. The van der Waals surface area contributed by atoms with Gasteiger partial charge < -0.3 is 0 Å². The van der Waals surface area contributed by atoms with Crippen LogP contribution in [0.1, 0.15) is 38.5 Å². The van der Waals surface area contributed by atoms with Gasteiger partial charge in [0.05, 0.1) is 17.9 Å². The first-order valence-electron chi connectivity index (χ1n) is 6.50. The predicted octanol–water partition coefficient (Wildman–Crippen LogP) is 1.46. The summed E-state index contributed by atoms with van der Waals surface area (Å²) in [6.07, 6.45) is 5.68. The van der Waals surface area contributed by atoms with Crippen molar-refractivity contribution in [1.29, 1.82) is 5.26 Å². The van der Waals surface area contributed by atoms with Crippen LogP contribution < -0.4 is 0 Å². The third kappa shape index (κ3) is 1.56. The van der Waals surface area contributed by atoms with Crippen LogP contribution in [0.25, 0.3) is 0 Å². The molecule has 3 rings (SSSR count). The molecule has 0 radical (unpaired) electrons. The van der Waals surface area contributed by atoms with E-state index in [1.165, 1.54) is 4.90 Å². The molecule has 2 aliphatic carbocycles. The zero-order valence-electron chi connectivity index (χ0n) is 9.76. The summed E-state index contributed by atoms with van der Waals surface area (Å²) in [5, 5.41) is 9.17. The van der Waals surface area contributed by atoms with E-state index in [1.807, 2.05) is 0 Å². The molecule has 3 atom stereocenters. The Hall–Kier alpha value is -1.37. The molecule has 0 spiro atoms. The standard InChI is InChI=1S/C13H16N2O2/c14-7-11(8-5-6-8)15-12(16)9-3-1-2-4-10(9)13(15)17/h8-11H,1-6H2. The Morgan fingerprint density at radius 2 is 1.59 bits per heavy atom. The van der Waals surface area contributed by atoms with E-state index in [2.05, 4.69) is 6.07 Å². The molecule has 0 aromatic rings. The number of carbonyl (C=O) groups is 2. The SMILES string of the molecule is N#CC(C1CC1)N1C(=O)C2CCCCC2C1=O. The Morgan fingerprint density at radius 3 is 2.00 bits per heavy atom. The summed E-state index contributed by atoms with van der Waals surface area (Å²) in [5.41, 5.74) is 0. The van der Waals surface area contributed by atoms with Gasteiger partial charge in [0.15, 0.2) is 0 Å². The number of hydrogen-bond donors (Lipinski definition) is 0. The molecule has 4 nitrogen and oxygen atoms in total. The third-order valence-corrected chi connectivity index (χ3v) is 4.35. The van der Waals surface area contributed by atoms with E-state index in [-0.39, 0.29) is 29.6 Å². The Balaban J connectivity index is 1.87.